The zero-order chi connectivity index (χ0) is 12.3. The van der Waals surface area contributed by atoms with Crippen molar-refractivity contribution >= 4 is 0 Å². The molecule has 1 aromatic heterocycles. The summed E-state index contributed by atoms with van der Waals surface area (Å²) in [6.07, 6.45) is 1.18. The van der Waals surface area contributed by atoms with Gasteiger partial charge in [0.05, 0.1) is 12.6 Å². The van der Waals surface area contributed by atoms with E-state index >= 15 is 0 Å². The van der Waals surface area contributed by atoms with Crippen molar-refractivity contribution in [2.75, 3.05) is 6.61 Å². The Morgan fingerprint density at radius 3 is 2.35 bits per heavy atom. The SMILES string of the molecule is Cc1cccn1[C@@H](CO)[C@@H](O)c1ccccc1. The van der Waals surface area contributed by atoms with E-state index in [9.17, 15) is 10.2 Å². The van der Waals surface area contributed by atoms with Gasteiger partial charge in [-0.05, 0) is 24.6 Å². The van der Waals surface area contributed by atoms with E-state index in [1.807, 2.05) is 60.2 Å². The second-order valence-corrected chi connectivity index (χ2v) is 4.16. The molecule has 0 aliphatic heterocycles. The summed E-state index contributed by atoms with van der Waals surface area (Å²) in [7, 11) is 0. The van der Waals surface area contributed by atoms with Crippen molar-refractivity contribution in [2.45, 2.75) is 19.1 Å². The summed E-state index contributed by atoms with van der Waals surface area (Å²) >= 11 is 0. The van der Waals surface area contributed by atoms with E-state index < -0.39 is 6.10 Å². The van der Waals surface area contributed by atoms with Crippen molar-refractivity contribution in [3.05, 3.63) is 59.9 Å². The van der Waals surface area contributed by atoms with Crippen LogP contribution in [0.25, 0.3) is 0 Å². The molecule has 0 radical (unpaired) electrons. The van der Waals surface area contributed by atoms with Gasteiger partial charge in [0.15, 0.2) is 0 Å². The van der Waals surface area contributed by atoms with Crippen LogP contribution < -0.4 is 0 Å². The summed E-state index contributed by atoms with van der Waals surface area (Å²) in [6.45, 7) is 1.87. The predicted octanol–water partition coefficient (Wildman–Crippen LogP) is 2.06. The number of hydrogen-bond acceptors (Lipinski definition) is 2. The van der Waals surface area contributed by atoms with Crippen LogP contribution in [0.5, 0.6) is 0 Å². The Labute approximate surface area is 101 Å². The standard InChI is InChI=1S/C14H17NO2/c1-11-6-5-9-15(11)13(10-16)14(17)12-7-3-2-4-8-12/h2-9,13-14,16-17H,10H2,1H3/t13-,14-/m0/s1. The number of nitrogens with zero attached hydrogens (tertiary/aromatic N) is 1. The Hall–Kier alpha value is -1.58. The zero-order valence-electron chi connectivity index (χ0n) is 9.82. The maximum atomic E-state index is 10.3. The molecular formula is C14H17NO2. The summed E-state index contributed by atoms with van der Waals surface area (Å²) in [5, 5.41) is 19.8. The topological polar surface area (TPSA) is 45.4 Å². The third-order valence-electron chi connectivity index (χ3n) is 3.04. The minimum absolute atomic E-state index is 0.0917. The van der Waals surface area contributed by atoms with Crippen molar-refractivity contribution < 1.29 is 10.2 Å². The Morgan fingerprint density at radius 2 is 1.82 bits per heavy atom. The van der Waals surface area contributed by atoms with Gasteiger partial charge in [-0.25, -0.2) is 0 Å². The first kappa shape index (κ1) is 11.9. The molecule has 2 rings (SSSR count). The fraction of sp³-hybridized carbons (Fsp3) is 0.286. The van der Waals surface area contributed by atoms with Crippen LogP contribution in [0.1, 0.15) is 23.4 Å². The highest BCUT2D eigenvalue weighted by Crippen LogP contribution is 2.27. The molecule has 1 heterocycles. The van der Waals surface area contributed by atoms with E-state index in [1.165, 1.54) is 0 Å². The molecule has 2 aromatic rings. The van der Waals surface area contributed by atoms with Gasteiger partial charge < -0.3 is 14.8 Å². The number of benzene rings is 1. The van der Waals surface area contributed by atoms with Crippen molar-refractivity contribution in [3.63, 3.8) is 0 Å². The number of hydrogen-bond donors (Lipinski definition) is 2. The molecule has 0 aliphatic rings. The van der Waals surface area contributed by atoms with E-state index in [-0.39, 0.29) is 12.6 Å². The van der Waals surface area contributed by atoms with Crippen LogP contribution in [-0.4, -0.2) is 21.4 Å². The maximum absolute atomic E-state index is 10.3. The zero-order valence-corrected chi connectivity index (χ0v) is 9.82. The fourth-order valence-corrected chi connectivity index (χ4v) is 2.06. The molecule has 0 saturated heterocycles. The number of aryl methyl sites for hydroxylation is 1. The monoisotopic (exact) mass is 231 g/mol. The van der Waals surface area contributed by atoms with E-state index in [1.54, 1.807) is 0 Å². The van der Waals surface area contributed by atoms with Crippen LogP contribution in [0.15, 0.2) is 48.7 Å². The number of aliphatic hydroxyl groups is 2. The van der Waals surface area contributed by atoms with Crippen LogP contribution in [0.4, 0.5) is 0 Å². The Balaban J connectivity index is 2.28. The summed E-state index contributed by atoms with van der Waals surface area (Å²) in [6, 6.07) is 12.9. The summed E-state index contributed by atoms with van der Waals surface area (Å²) in [5.74, 6) is 0. The van der Waals surface area contributed by atoms with Crippen LogP contribution in [0.3, 0.4) is 0 Å². The minimum Gasteiger partial charge on any atom is -0.394 e. The van der Waals surface area contributed by atoms with Crippen molar-refractivity contribution in [3.8, 4) is 0 Å². The first-order valence-corrected chi connectivity index (χ1v) is 5.71. The smallest absolute Gasteiger partial charge is 0.102 e. The third-order valence-corrected chi connectivity index (χ3v) is 3.04. The lowest BCUT2D eigenvalue weighted by atomic mass is 10.0. The molecule has 17 heavy (non-hydrogen) atoms. The molecular weight excluding hydrogens is 214 g/mol. The van der Waals surface area contributed by atoms with Gasteiger partial charge in [0.25, 0.3) is 0 Å². The third kappa shape index (κ3) is 2.40. The Morgan fingerprint density at radius 1 is 1.12 bits per heavy atom. The Bertz CT molecular complexity index is 464. The van der Waals surface area contributed by atoms with E-state index in [2.05, 4.69) is 0 Å². The number of aliphatic hydroxyl groups excluding tert-OH is 2. The van der Waals surface area contributed by atoms with E-state index in [0.717, 1.165) is 11.3 Å². The van der Waals surface area contributed by atoms with Crippen molar-refractivity contribution in [1.82, 2.24) is 4.57 Å². The molecule has 0 bridgehead atoms. The summed E-state index contributed by atoms with van der Waals surface area (Å²) in [5.41, 5.74) is 1.85. The van der Waals surface area contributed by atoms with Gasteiger partial charge in [-0.1, -0.05) is 30.3 Å². The van der Waals surface area contributed by atoms with Gasteiger partial charge in [-0.15, -0.1) is 0 Å². The largest absolute Gasteiger partial charge is 0.394 e. The first-order chi connectivity index (χ1) is 8.24. The van der Waals surface area contributed by atoms with Gasteiger partial charge >= 0.3 is 0 Å². The highest BCUT2D eigenvalue weighted by molar-refractivity contribution is 5.19. The first-order valence-electron chi connectivity index (χ1n) is 5.71. The van der Waals surface area contributed by atoms with Crippen molar-refractivity contribution in [1.29, 1.82) is 0 Å². The lowest BCUT2D eigenvalue weighted by molar-refractivity contribution is 0.0721. The summed E-state index contributed by atoms with van der Waals surface area (Å²) in [4.78, 5) is 0. The molecule has 0 amide bonds. The van der Waals surface area contributed by atoms with E-state index in [0.29, 0.717) is 0 Å². The molecule has 3 heteroatoms. The molecule has 1 aromatic carbocycles. The molecule has 0 fully saturated rings. The Kier molecular flexibility index (Phi) is 3.61. The quantitative estimate of drug-likeness (QED) is 0.846. The second kappa shape index (κ2) is 5.17. The van der Waals surface area contributed by atoms with Crippen LogP contribution in [-0.2, 0) is 0 Å². The van der Waals surface area contributed by atoms with Crippen molar-refractivity contribution in [2.24, 2.45) is 0 Å². The average molecular weight is 231 g/mol. The molecule has 0 spiro atoms. The van der Waals surface area contributed by atoms with E-state index in [4.69, 9.17) is 0 Å². The van der Waals surface area contributed by atoms with Gasteiger partial charge in [-0.3, -0.25) is 0 Å². The normalized spacial score (nSPS) is 14.5. The highest BCUT2D eigenvalue weighted by Gasteiger charge is 2.22. The van der Waals surface area contributed by atoms with Gasteiger partial charge in [0.1, 0.15) is 6.10 Å². The predicted molar refractivity (Wildman–Crippen MR) is 66.7 cm³/mol. The number of aromatic nitrogens is 1. The number of rotatable bonds is 4. The molecule has 0 aliphatic carbocycles. The van der Waals surface area contributed by atoms with Gasteiger partial charge in [0, 0.05) is 11.9 Å². The van der Waals surface area contributed by atoms with Crippen LogP contribution in [0, 0.1) is 6.92 Å². The van der Waals surface area contributed by atoms with Crippen LogP contribution >= 0.6 is 0 Å². The average Bonchev–Trinajstić information content (AvgIpc) is 2.78. The van der Waals surface area contributed by atoms with Crippen LogP contribution in [0.2, 0.25) is 0 Å². The fourth-order valence-electron chi connectivity index (χ4n) is 2.06. The second-order valence-electron chi connectivity index (χ2n) is 4.16. The molecule has 2 atom stereocenters. The molecule has 0 saturated carbocycles. The lowest BCUT2D eigenvalue weighted by Crippen LogP contribution is -2.21. The maximum Gasteiger partial charge on any atom is 0.102 e. The van der Waals surface area contributed by atoms with Gasteiger partial charge in [0.2, 0.25) is 0 Å². The van der Waals surface area contributed by atoms with Gasteiger partial charge in [-0.2, -0.15) is 0 Å². The summed E-state index contributed by atoms with van der Waals surface area (Å²) < 4.78 is 1.90. The minimum atomic E-state index is -0.702. The molecule has 0 unspecified atom stereocenters. The molecule has 90 valence electrons. The highest BCUT2D eigenvalue weighted by atomic mass is 16.3. The lowest BCUT2D eigenvalue weighted by Gasteiger charge is -2.24. The molecule has 3 nitrogen and oxygen atoms in total. The molecule has 2 N–H and O–H groups in total.